The van der Waals surface area contributed by atoms with Gasteiger partial charge in [-0.1, -0.05) is 13.3 Å². The number of carbonyl (C=O) groups excluding carboxylic acids is 1. The molecule has 3 N–H and O–H groups in total. The number of halogens is 1. The maximum absolute atomic E-state index is 12.9. The highest BCUT2D eigenvalue weighted by Gasteiger charge is 2.11. The van der Waals surface area contributed by atoms with E-state index in [1.165, 1.54) is 0 Å². The van der Waals surface area contributed by atoms with Gasteiger partial charge in [0, 0.05) is 13.2 Å². The smallest absolute Gasteiger partial charge is 0.255 e. The van der Waals surface area contributed by atoms with Crippen LogP contribution in [0.15, 0.2) is 12.3 Å². The summed E-state index contributed by atoms with van der Waals surface area (Å²) in [6.45, 7) is 3.54. The molecule has 0 bridgehead atoms. The predicted octanol–water partition coefficient (Wildman–Crippen LogP) is 1.35. The van der Waals surface area contributed by atoms with Crippen molar-refractivity contribution in [1.29, 1.82) is 0 Å². The molecule has 1 aromatic rings. The number of aromatic nitrogens is 1. The second-order valence-corrected chi connectivity index (χ2v) is 3.81. The quantitative estimate of drug-likeness (QED) is 0.721. The van der Waals surface area contributed by atoms with Gasteiger partial charge in [-0.15, -0.1) is 0 Å². The van der Waals surface area contributed by atoms with Gasteiger partial charge in [0.05, 0.1) is 18.4 Å². The first-order valence-corrected chi connectivity index (χ1v) is 5.92. The Bertz CT molecular complexity index is 399. The monoisotopic (exact) mass is 255 g/mol. The topological polar surface area (TPSA) is 77.2 Å². The molecule has 0 atom stereocenters. The van der Waals surface area contributed by atoms with Gasteiger partial charge in [0.25, 0.3) is 5.91 Å². The van der Waals surface area contributed by atoms with Crippen LogP contribution in [0.5, 0.6) is 0 Å². The van der Waals surface area contributed by atoms with E-state index in [1.807, 2.05) is 0 Å². The highest BCUT2D eigenvalue weighted by atomic mass is 19.1. The van der Waals surface area contributed by atoms with Crippen LogP contribution in [0.2, 0.25) is 0 Å². The summed E-state index contributed by atoms with van der Waals surface area (Å²) in [6, 6.07) is 1.07. The van der Waals surface area contributed by atoms with Gasteiger partial charge in [-0.3, -0.25) is 4.79 Å². The van der Waals surface area contributed by atoms with E-state index in [9.17, 15) is 9.18 Å². The molecule has 1 amide bonds. The molecule has 0 aliphatic rings. The van der Waals surface area contributed by atoms with Gasteiger partial charge >= 0.3 is 0 Å². The minimum Gasteiger partial charge on any atom is -0.383 e. The minimum absolute atomic E-state index is 0.0146. The van der Waals surface area contributed by atoms with Crippen molar-refractivity contribution in [2.45, 2.75) is 19.8 Å². The lowest BCUT2D eigenvalue weighted by Crippen LogP contribution is -2.28. The van der Waals surface area contributed by atoms with Crippen molar-refractivity contribution in [3.63, 3.8) is 0 Å². The Morgan fingerprint density at radius 1 is 1.56 bits per heavy atom. The van der Waals surface area contributed by atoms with Crippen LogP contribution >= 0.6 is 0 Å². The lowest BCUT2D eigenvalue weighted by molar-refractivity contribution is 0.0913. The zero-order valence-corrected chi connectivity index (χ0v) is 10.4. The number of hydrogen-bond donors (Lipinski definition) is 2. The van der Waals surface area contributed by atoms with Gasteiger partial charge in [-0.2, -0.15) is 0 Å². The summed E-state index contributed by atoms with van der Waals surface area (Å²) in [6.07, 6.45) is 3.03. The molecule has 0 unspecified atom stereocenters. The number of hydrogen-bond acceptors (Lipinski definition) is 4. The molecular formula is C12H18FN3O2. The molecule has 5 nitrogen and oxygen atoms in total. The summed E-state index contributed by atoms with van der Waals surface area (Å²) in [7, 11) is 0. The summed E-state index contributed by atoms with van der Waals surface area (Å²) >= 11 is 0. The summed E-state index contributed by atoms with van der Waals surface area (Å²) in [5.74, 6) is -1.02. The van der Waals surface area contributed by atoms with Gasteiger partial charge in [0.15, 0.2) is 0 Å². The number of ether oxygens (including phenoxy) is 1. The molecule has 0 fully saturated rings. The van der Waals surface area contributed by atoms with Crippen molar-refractivity contribution in [2.75, 3.05) is 25.5 Å². The molecule has 0 radical (unpaired) electrons. The van der Waals surface area contributed by atoms with E-state index in [0.29, 0.717) is 19.8 Å². The maximum atomic E-state index is 12.9. The lowest BCUT2D eigenvalue weighted by atomic mass is 10.2. The Hall–Kier alpha value is -1.69. The Morgan fingerprint density at radius 3 is 3.06 bits per heavy atom. The van der Waals surface area contributed by atoms with Crippen molar-refractivity contribution < 1.29 is 13.9 Å². The molecule has 1 aromatic heterocycles. The molecule has 0 aliphatic carbocycles. The number of anilines is 1. The fraction of sp³-hybridized carbons (Fsp3) is 0.500. The van der Waals surface area contributed by atoms with E-state index in [2.05, 4.69) is 17.2 Å². The van der Waals surface area contributed by atoms with Crippen LogP contribution in [0, 0.1) is 5.82 Å². The van der Waals surface area contributed by atoms with Crippen LogP contribution in [-0.2, 0) is 4.74 Å². The standard InChI is InChI=1S/C12H18FN3O2/c1-2-3-5-18-6-4-15-12(17)10-7-9(13)8-16-11(10)14/h7-8H,2-6H2,1H3,(H2,14,16)(H,15,17). The van der Waals surface area contributed by atoms with E-state index in [4.69, 9.17) is 10.5 Å². The molecule has 0 saturated heterocycles. The van der Waals surface area contributed by atoms with Crippen LogP contribution in [0.1, 0.15) is 30.1 Å². The van der Waals surface area contributed by atoms with Crippen LogP contribution in [0.25, 0.3) is 0 Å². The van der Waals surface area contributed by atoms with E-state index < -0.39 is 11.7 Å². The van der Waals surface area contributed by atoms with E-state index in [-0.39, 0.29) is 11.4 Å². The van der Waals surface area contributed by atoms with E-state index in [1.54, 1.807) is 0 Å². The number of carbonyl (C=O) groups is 1. The zero-order chi connectivity index (χ0) is 13.4. The van der Waals surface area contributed by atoms with E-state index in [0.717, 1.165) is 25.1 Å². The minimum atomic E-state index is -0.589. The summed E-state index contributed by atoms with van der Waals surface area (Å²) in [4.78, 5) is 15.2. The van der Waals surface area contributed by atoms with Crippen molar-refractivity contribution in [3.8, 4) is 0 Å². The highest BCUT2D eigenvalue weighted by Crippen LogP contribution is 2.09. The molecule has 100 valence electrons. The Balaban J connectivity index is 2.34. The third-order valence-corrected chi connectivity index (χ3v) is 2.30. The average molecular weight is 255 g/mol. The Morgan fingerprint density at radius 2 is 2.33 bits per heavy atom. The van der Waals surface area contributed by atoms with Crippen molar-refractivity contribution in [1.82, 2.24) is 10.3 Å². The van der Waals surface area contributed by atoms with Crippen LogP contribution in [0.3, 0.4) is 0 Å². The van der Waals surface area contributed by atoms with Gasteiger partial charge in [0.1, 0.15) is 11.6 Å². The van der Waals surface area contributed by atoms with Gasteiger partial charge in [-0.05, 0) is 12.5 Å². The first kappa shape index (κ1) is 14.4. The van der Waals surface area contributed by atoms with E-state index >= 15 is 0 Å². The molecule has 1 rings (SSSR count). The second-order valence-electron chi connectivity index (χ2n) is 3.81. The fourth-order valence-electron chi connectivity index (χ4n) is 1.31. The SMILES string of the molecule is CCCCOCCNC(=O)c1cc(F)cnc1N. The number of pyridine rings is 1. The molecule has 6 heteroatoms. The first-order valence-electron chi connectivity index (χ1n) is 5.92. The largest absolute Gasteiger partial charge is 0.383 e. The van der Waals surface area contributed by atoms with Crippen LogP contribution in [-0.4, -0.2) is 30.6 Å². The Labute approximate surface area is 106 Å². The lowest BCUT2D eigenvalue weighted by Gasteiger charge is -2.07. The molecular weight excluding hydrogens is 237 g/mol. The molecule has 1 heterocycles. The summed E-state index contributed by atoms with van der Waals surface area (Å²) < 4.78 is 18.2. The average Bonchev–Trinajstić information content (AvgIpc) is 2.36. The fourth-order valence-corrected chi connectivity index (χ4v) is 1.31. The van der Waals surface area contributed by atoms with Crippen LogP contribution < -0.4 is 11.1 Å². The summed E-state index contributed by atoms with van der Waals surface area (Å²) in [5, 5.41) is 2.59. The maximum Gasteiger partial charge on any atom is 0.255 e. The molecule has 0 aliphatic heterocycles. The van der Waals surface area contributed by atoms with Gasteiger partial charge in [-0.25, -0.2) is 9.37 Å². The number of nitrogens with one attached hydrogen (secondary N) is 1. The van der Waals surface area contributed by atoms with Crippen LogP contribution in [0.4, 0.5) is 10.2 Å². The summed E-state index contributed by atoms with van der Waals surface area (Å²) in [5.41, 5.74) is 5.54. The first-order chi connectivity index (χ1) is 8.65. The Kier molecular flexibility index (Phi) is 6.07. The highest BCUT2D eigenvalue weighted by molar-refractivity contribution is 5.98. The molecule has 0 spiro atoms. The van der Waals surface area contributed by atoms with Crippen molar-refractivity contribution in [2.24, 2.45) is 0 Å². The van der Waals surface area contributed by atoms with Gasteiger partial charge < -0.3 is 15.8 Å². The molecule has 18 heavy (non-hydrogen) atoms. The zero-order valence-electron chi connectivity index (χ0n) is 10.4. The van der Waals surface area contributed by atoms with Crippen molar-refractivity contribution in [3.05, 3.63) is 23.6 Å². The number of unbranched alkanes of at least 4 members (excludes halogenated alkanes) is 1. The van der Waals surface area contributed by atoms with Gasteiger partial charge in [0.2, 0.25) is 0 Å². The molecule has 0 saturated carbocycles. The number of nitrogen functional groups attached to an aromatic ring is 1. The number of rotatable bonds is 7. The second kappa shape index (κ2) is 7.60. The predicted molar refractivity (Wildman–Crippen MR) is 66.7 cm³/mol. The third-order valence-electron chi connectivity index (χ3n) is 2.30. The number of nitrogens with two attached hydrogens (primary N) is 1. The number of amides is 1. The van der Waals surface area contributed by atoms with Crippen molar-refractivity contribution >= 4 is 11.7 Å². The third kappa shape index (κ3) is 4.67. The normalized spacial score (nSPS) is 10.3. The molecule has 0 aromatic carbocycles. The number of nitrogens with zero attached hydrogens (tertiary/aromatic N) is 1.